The Hall–Kier alpha value is -2.84. The first-order valence-electron chi connectivity index (χ1n) is 8.17. The number of nitrogens with two attached hydrogens (primary N) is 1. The maximum Gasteiger partial charge on any atom is 0.416 e. The zero-order valence-electron chi connectivity index (χ0n) is 14.2. The largest absolute Gasteiger partial charge is 0.416 e. The van der Waals surface area contributed by atoms with Crippen LogP contribution in [0.4, 0.5) is 24.5 Å². The first-order valence-corrected chi connectivity index (χ1v) is 9.87. The van der Waals surface area contributed by atoms with Crippen LogP contribution in [-0.4, -0.2) is 5.91 Å². The summed E-state index contributed by atoms with van der Waals surface area (Å²) in [5.74, 6) is -0.532. The lowest BCUT2D eigenvalue weighted by atomic mass is 10.1. The van der Waals surface area contributed by atoms with Crippen LogP contribution in [0, 0.1) is 0 Å². The monoisotopic (exact) mass is 418 g/mol. The minimum atomic E-state index is -4.48. The van der Waals surface area contributed by atoms with Gasteiger partial charge in [-0.05, 0) is 41.3 Å². The van der Waals surface area contributed by atoms with Crippen LogP contribution in [0.1, 0.15) is 15.2 Å². The summed E-state index contributed by atoms with van der Waals surface area (Å²) in [5.41, 5.74) is 6.72. The Labute approximate surface area is 166 Å². The Bertz CT molecular complexity index is 1160. The third kappa shape index (κ3) is 3.48. The highest BCUT2D eigenvalue weighted by atomic mass is 32.1. The third-order valence-corrected chi connectivity index (χ3v) is 6.27. The van der Waals surface area contributed by atoms with Crippen LogP contribution >= 0.6 is 22.7 Å². The molecule has 0 aliphatic heterocycles. The van der Waals surface area contributed by atoms with Gasteiger partial charge in [0.2, 0.25) is 0 Å². The molecule has 4 rings (SSSR count). The fourth-order valence-corrected chi connectivity index (χ4v) is 4.62. The van der Waals surface area contributed by atoms with Gasteiger partial charge >= 0.3 is 6.18 Å². The normalized spacial score (nSPS) is 11.7. The van der Waals surface area contributed by atoms with E-state index in [9.17, 15) is 18.0 Å². The number of fused-ring (bicyclic) bond motifs is 1. The van der Waals surface area contributed by atoms with Gasteiger partial charge in [0.15, 0.2) is 0 Å². The highest BCUT2D eigenvalue weighted by Crippen LogP contribution is 2.38. The van der Waals surface area contributed by atoms with Crippen molar-refractivity contribution < 1.29 is 18.0 Å². The molecule has 2 aromatic carbocycles. The number of nitrogen functional groups attached to an aromatic ring is 1. The van der Waals surface area contributed by atoms with Gasteiger partial charge in [-0.2, -0.15) is 13.2 Å². The van der Waals surface area contributed by atoms with Crippen molar-refractivity contribution in [3.8, 4) is 10.4 Å². The highest BCUT2D eigenvalue weighted by molar-refractivity contribution is 7.21. The molecule has 0 aliphatic carbocycles. The van der Waals surface area contributed by atoms with E-state index >= 15 is 0 Å². The predicted octanol–water partition coefficient (Wildman–Crippen LogP) is 6.48. The van der Waals surface area contributed by atoms with Crippen molar-refractivity contribution in [1.82, 2.24) is 0 Å². The topological polar surface area (TPSA) is 55.1 Å². The first kappa shape index (κ1) is 18.5. The van der Waals surface area contributed by atoms with Gasteiger partial charge in [0, 0.05) is 20.7 Å². The molecule has 0 fully saturated rings. The highest BCUT2D eigenvalue weighted by Gasteiger charge is 2.30. The van der Waals surface area contributed by atoms with E-state index in [0.29, 0.717) is 5.69 Å². The molecule has 2 heterocycles. The van der Waals surface area contributed by atoms with E-state index in [0.717, 1.165) is 32.7 Å². The van der Waals surface area contributed by atoms with E-state index in [4.69, 9.17) is 5.73 Å². The van der Waals surface area contributed by atoms with Crippen LogP contribution in [0.15, 0.2) is 60.0 Å². The molecule has 0 atom stereocenters. The van der Waals surface area contributed by atoms with E-state index in [1.54, 1.807) is 11.3 Å². The second-order valence-electron chi connectivity index (χ2n) is 6.07. The summed E-state index contributed by atoms with van der Waals surface area (Å²) in [5, 5.41) is 5.24. The Morgan fingerprint density at radius 2 is 1.86 bits per heavy atom. The number of alkyl halides is 3. The second kappa shape index (κ2) is 6.96. The number of carbonyl (C=O) groups excluding carboxylic acids is 1. The molecule has 4 aromatic rings. The van der Waals surface area contributed by atoms with Crippen molar-refractivity contribution in [2.75, 3.05) is 11.1 Å². The Morgan fingerprint density at radius 1 is 1.04 bits per heavy atom. The number of hydrogen-bond acceptors (Lipinski definition) is 4. The van der Waals surface area contributed by atoms with Gasteiger partial charge in [-0.15, -0.1) is 22.7 Å². The zero-order valence-corrected chi connectivity index (χ0v) is 15.8. The molecule has 0 saturated carbocycles. The van der Waals surface area contributed by atoms with Crippen molar-refractivity contribution in [3.05, 3.63) is 70.4 Å². The van der Waals surface area contributed by atoms with Crippen molar-refractivity contribution in [3.63, 3.8) is 0 Å². The SMILES string of the molecule is Nc1c(C(=O)Nc2cccc(C(F)(F)F)c2)sc2cc(-c3cccs3)ccc12. The predicted molar refractivity (Wildman–Crippen MR) is 109 cm³/mol. The van der Waals surface area contributed by atoms with Gasteiger partial charge in [-0.1, -0.05) is 24.3 Å². The maximum atomic E-state index is 12.9. The number of nitrogens with one attached hydrogen (secondary N) is 1. The molecular weight excluding hydrogens is 405 g/mol. The molecule has 3 N–H and O–H groups in total. The van der Waals surface area contributed by atoms with Crippen LogP contribution in [-0.2, 0) is 6.18 Å². The number of carbonyl (C=O) groups is 1. The average Bonchev–Trinajstić information content (AvgIpc) is 3.29. The van der Waals surface area contributed by atoms with E-state index in [2.05, 4.69) is 5.32 Å². The molecule has 0 spiro atoms. The molecule has 1 amide bonds. The Balaban J connectivity index is 1.65. The number of halogens is 3. The molecular formula is C20H13F3N2OS2. The molecule has 3 nitrogen and oxygen atoms in total. The van der Waals surface area contributed by atoms with Crippen molar-refractivity contribution in [2.45, 2.75) is 6.18 Å². The number of amides is 1. The molecule has 0 aliphatic rings. The van der Waals surface area contributed by atoms with Crippen LogP contribution in [0.5, 0.6) is 0 Å². The van der Waals surface area contributed by atoms with E-state index < -0.39 is 17.6 Å². The van der Waals surface area contributed by atoms with Gasteiger partial charge in [0.1, 0.15) is 4.88 Å². The summed E-state index contributed by atoms with van der Waals surface area (Å²) in [6.45, 7) is 0. The summed E-state index contributed by atoms with van der Waals surface area (Å²) in [7, 11) is 0. The van der Waals surface area contributed by atoms with Crippen molar-refractivity contribution >= 4 is 50.0 Å². The van der Waals surface area contributed by atoms with E-state index in [1.165, 1.54) is 23.5 Å². The summed E-state index contributed by atoms with van der Waals surface area (Å²) in [6, 6.07) is 14.2. The number of thiophene rings is 2. The van der Waals surface area contributed by atoms with Crippen LogP contribution in [0.25, 0.3) is 20.5 Å². The number of benzene rings is 2. The Kier molecular flexibility index (Phi) is 4.60. The van der Waals surface area contributed by atoms with Gasteiger partial charge < -0.3 is 11.1 Å². The molecule has 142 valence electrons. The molecule has 0 radical (unpaired) electrons. The molecule has 0 bridgehead atoms. The lowest BCUT2D eigenvalue weighted by Crippen LogP contribution is -2.13. The average molecular weight is 418 g/mol. The lowest BCUT2D eigenvalue weighted by molar-refractivity contribution is -0.137. The number of anilines is 2. The minimum absolute atomic E-state index is 0.0657. The third-order valence-electron chi connectivity index (χ3n) is 4.19. The molecule has 28 heavy (non-hydrogen) atoms. The molecule has 2 aromatic heterocycles. The fourth-order valence-electron chi connectivity index (χ4n) is 2.84. The standard InChI is InChI=1S/C20H13F3N2OS2/c21-20(22,23)12-3-1-4-13(10-12)25-19(26)18-17(24)14-7-6-11(9-16(14)28-18)15-5-2-8-27-15/h1-10H,24H2,(H,25,26). The van der Waals surface area contributed by atoms with Gasteiger partial charge in [-0.25, -0.2) is 0 Å². The van der Waals surface area contributed by atoms with Gasteiger partial charge in [-0.3, -0.25) is 4.79 Å². The van der Waals surface area contributed by atoms with Gasteiger partial charge in [0.25, 0.3) is 5.91 Å². The molecule has 8 heteroatoms. The van der Waals surface area contributed by atoms with Crippen LogP contribution < -0.4 is 11.1 Å². The molecule has 0 saturated heterocycles. The van der Waals surface area contributed by atoms with E-state index in [1.807, 2.05) is 35.7 Å². The fraction of sp³-hybridized carbons (Fsp3) is 0.0500. The van der Waals surface area contributed by atoms with Crippen molar-refractivity contribution in [2.24, 2.45) is 0 Å². The van der Waals surface area contributed by atoms with Crippen molar-refractivity contribution in [1.29, 1.82) is 0 Å². The Morgan fingerprint density at radius 3 is 2.57 bits per heavy atom. The van der Waals surface area contributed by atoms with Crippen LogP contribution in [0.3, 0.4) is 0 Å². The summed E-state index contributed by atoms with van der Waals surface area (Å²) in [6.07, 6.45) is -4.48. The maximum absolute atomic E-state index is 12.9. The summed E-state index contributed by atoms with van der Waals surface area (Å²) in [4.78, 5) is 14.0. The van der Waals surface area contributed by atoms with Crippen LogP contribution in [0.2, 0.25) is 0 Å². The summed E-state index contributed by atoms with van der Waals surface area (Å²) >= 11 is 2.83. The number of hydrogen-bond donors (Lipinski definition) is 2. The minimum Gasteiger partial charge on any atom is -0.397 e. The first-order chi connectivity index (χ1) is 13.3. The molecule has 0 unspecified atom stereocenters. The summed E-state index contributed by atoms with van der Waals surface area (Å²) < 4.78 is 39.4. The van der Waals surface area contributed by atoms with E-state index in [-0.39, 0.29) is 10.6 Å². The zero-order chi connectivity index (χ0) is 19.9. The van der Waals surface area contributed by atoms with Gasteiger partial charge in [0.05, 0.1) is 11.3 Å². The quantitative estimate of drug-likeness (QED) is 0.400. The smallest absolute Gasteiger partial charge is 0.397 e. The number of rotatable bonds is 3. The lowest BCUT2D eigenvalue weighted by Gasteiger charge is -2.09. The second-order valence-corrected chi connectivity index (χ2v) is 8.07.